The van der Waals surface area contributed by atoms with Crippen LogP contribution in [-0.2, 0) is 16.0 Å². The van der Waals surface area contributed by atoms with Crippen molar-refractivity contribution >= 4 is 18.2 Å². The van der Waals surface area contributed by atoms with Gasteiger partial charge in [-0.15, -0.1) is 0 Å². The minimum atomic E-state index is -1.10. The van der Waals surface area contributed by atoms with Gasteiger partial charge in [-0.1, -0.05) is 48.5 Å². The van der Waals surface area contributed by atoms with Gasteiger partial charge in [-0.05, 0) is 68.9 Å². The lowest BCUT2D eigenvalue weighted by Crippen LogP contribution is -2.52. The largest absolute Gasteiger partial charge is 0.478 e. The highest BCUT2D eigenvalue weighted by atomic mass is 16.6. The Kier molecular flexibility index (Phi) is 7.80. The van der Waals surface area contributed by atoms with Crippen LogP contribution in [0, 0.1) is 6.92 Å². The highest BCUT2D eigenvalue weighted by molar-refractivity contribution is 5.88. The van der Waals surface area contributed by atoms with Gasteiger partial charge in [-0.25, -0.2) is 14.4 Å². The molecule has 0 spiro atoms. The van der Waals surface area contributed by atoms with Crippen LogP contribution in [0.15, 0.2) is 59.0 Å². The third kappa shape index (κ3) is 6.09. The van der Waals surface area contributed by atoms with Crippen LogP contribution in [0.1, 0.15) is 72.5 Å². The second-order valence-corrected chi connectivity index (χ2v) is 11.6. The normalized spacial score (nSPS) is 16.6. The van der Waals surface area contributed by atoms with E-state index in [9.17, 15) is 19.5 Å². The molecule has 9 nitrogen and oxygen atoms in total. The number of likely N-dealkylation sites (tertiary alicyclic amines) is 1. The Morgan fingerprint density at radius 3 is 2.27 bits per heavy atom. The van der Waals surface area contributed by atoms with Crippen LogP contribution in [-0.4, -0.2) is 64.4 Å². The predicted molar refractivity (Wildman–Crippen MR) is 152 cm³/mol. The van der Waals surface area contributed by atoms with E-state index >= 15 is 0 Å². The van der Waals surface area contributed by atoms with E-state index in [1.54, 1.807) is 16.7 Å². The van der Waals surface area contributed by atoms with E-state index in [0.29, 0.717) is 25.1 Å². The molecule has 216 valence electrons. The highest BCUT2D eigenvalue weighted by Crippen LogP contribution is 2.44. The Bertz CT molecular complexity index is 1410. The Morgan fingerprint density at radius 2 is 1.68 bits per heavy atom. The zero-order valence-electron chi connectivity index (χ0n) is 23.9. The fourth-order valence-electron chi connectivity index (χ4n) is 5.72. The number of benzene rings is 2. The predicted octanol–water partition coefficient (Wildman–Crippen LogP) is 6.44. The van der Waals surface area contributed by atoms with Gasteiger partial charge in [0.15, 0.2) is 0 Å². The standard InChI is InChI=1S/C32H36N2O7/c1-20-27(29(35)36)16-22(40-20)18-34(21-10-9-15-33(17-21)30(37)41-32(2,3)4)31(38)39-19-28-25-13-7-5-11-23(25)24-12-6-8-14-26(24)28/h5-8,11-14,16,21,28H,9-10,15,17-19H2,1-4H3,(H,35,36). The number of carbonyl (C=O) groups excluding carboxylic acids is 2. The number of carboxylic acid groups (broad SMARTS) is 1. The Hall–Kier alpha value is -4.27. The molecule has 9 heteroatoms. The maximum absolute atomic E-state index is 13.8. The minimum absolute atomic E-state index is 0.0115. The first-order valence-electron chi connectivity index (χ1n) is 13.9. The summed E-state index contributed by atoms with van der Waals surface area (Å²) >= 11 is 0. The number of furan rings is 1. The topological polar surface area (TPSA) is 110 Å². The number of nitrogens with zero attached hydrogens (tertiary/aromatic N) is 2. The smallest absolute Gasteiger partial charge is 0.410 e. The van der Waals surface area contributed by atoms with Crippen molar-refractivity contribution < 1.29 is 33.4 Å². The van der Waals surface area contributed by atoms with Crippen molar-refractivity contribution in [2.75, 3.05) is 19.7 Å². The molecule has 3 aromatic rings. The van der Waals surface area contributed by atoms with Crippen molar-refractivity contribution in [2.24, 2.45) is 0 Å². The van der Waals surface area contributed by atoms with E-state index in [4.69, 9.17) is 13.9 Å². The molecule has 41 heavy (non-hydrogen) atoms. The third-order valence-electron chi connectivity index (χ3n) is 7.58. The number of hydrogen-bond acceptors (Lipinski definition) is 6. The van der Waals surface area contributed by atoms with E-state index in [1.807, 2.05) is 45.0 Å². The Labute approximate surface area is 239 Å². The molecular weight excluding hydrogens is 524 g/mol. The lowest BCUT2D eigenvalue weighted by Gasteiger charge is -2.39. The van der Waals surface area contributed by atoms with Crippen LogP contribution in [0.3, 0.4) is 0 Å². The molecule has 0 saturated carbocycles. The monoisotopic (exact) mass is 560 g/mol. The minimum Gasteiger partial charge on any atom is -0.478 e. The summed E-state index contributed by atoms with van der Waals surface area (Å²) in [6, 6.07) is 17.3. The summed E-state index contributed by atoms with van der Waals surface area (Å²) in [4.78, 5) is 41.4. The highest BCUT2D eigenvalue weighted by Gasteiger charge is 2.36. The number of aryl methyl sites for hydroxylation is 1. The molecule has 1 atom stereocenters. The van der Waals surface area contributed by atoms with Crippen molar-refractivity contribution in [3.63, 3.8) is 0 Å². The van der Waals surface area contributed by atoms with Crippen LogP contribution in [0.5, 0.6) is 0 Å². The van der Waals surface area contributed by atoms with Gasteiger partial charge in [0.2, 0.25) is 0 Å². The molecule has 1 unspecified atom stereocenters. The number of rotatable bonds is 6. The van der Waals surface area contributed by atoms with Crippen LogP contribution in [0.25, 0.3) is 11.1 Å². The van der Waals surface area contributed by atoms with E-state index in [1.165, 1.54) is 6.07 Å². The molecule has 2 heterocycles. The summed E-state index contributed by atoms with van der Waals surface area (Å²) in [5, 5.41) is 9.50. The second kappa shape index (κ2) is 11.3. The second-order valence-electron chi connectivity index (χ2n) is 11.6. The van der Waals surface area contributed by atoms with E-state index < -0.39 is 23.8 Å². The number of carbonyl (C=O) groups is 3. The van der Waals surface area contributed by atoms with Crippen LogP contribution in [0.2, 0.25) is 0 Å². The van der Waals surface area contributed by atoms with E-state index in [2.05, 4.69) is 24.3 Å². The molecule has 2 aromatic carbocycles. The average molecular weight is 561 g/mol. The molecular formula is C32H36N2O7. The first kappa shape index (κ1) is 28.3. The average Bonchev–Trinajstić information content (AvgIpc) is 3.47. The molecule has 2 amide bonds. The van der Waals surface area contributed by atoms with Crippen molar-refractivity contribution in [1.82, 2.24) is 9.80 Å². The molecule has 1 aromatic heterocycles. The van der Waals surface area contributed by atoms with Crippen molar-refractivity contribution in [1.29, 1.82) is 0 Å². The number of hydrogen-bond donors (Lipinski definition) is 1. The van der Waals surface area contributed by atoms with Gasteiger partial charge in [-0.3, -0.25) is 4.90 Å². The fraction of sp³-hybridized carbons (Fsp3) is 0.406. The van der Waals surface area contributed by atoms with Gasteiger partial charge in [0.1, 0.15) is 29.3 Å². The van der Waals surface area contributed by atoms with Crippen molar-refractivity contribution in [3.8, 4) is 11.1 Å². The van der Waals surface area contributed by atoms with Crippen LogP contribution >= 0.6 is 0 Å². The Morgan fingerprint density at radius 1 is 1.05 bits per heavy atom. The lowest BCUT2D eigenvalue weighted by atomic mass is 9.98. The summed E-state index contributed by atoms with van der Waals surface area (Å²) in [5.74, 6) is -0.608. The van der Waals surface area contributed by atoms with Gasteiger partial charge in [0, 0.05) is 19.0 Å². The summed E-state index contributed by atoms with van der Waals surface area (Å²) in [5.41, 5.74) is 3.88. The van der Waals surface area contributed by atoms with Gasteiger partial charge >= 0.3 is 18.2 Å². The lowest BCUT2D eigenvalue weighted by molar-refractivity contribution is 0.00735. The zero-order valence-corrected chi connectivity index (χ0v) is 23.9. The summed E-state index contributed by atoms with van der Waals surface area (Å²) in [6.45, 7) is 7.96. The number of amides is 2. The number of fused-ring (bicyclic) bond motifs is 3. The Balaban J connectivity index is 1.38. The summed E-state index contributed by atoms with van der Waals surface area (Å²) in [6.07, 6.45) is 0.342. The van der Waals surface area contributed by atoms with Crippen LogP contribution in [0.4, 0.5) is 9.59 Å². The quantitative estimate of drug-likeness (QED) is 0.370. The van der Waals surface area contributed by atoms with Gasteiger partial charge in [0.05, 0.1) is 12.6 Å². The zero-order chi connectivity index (χ0) is 29.3. The van der Waals surface area contributed by atoms with Crippen LogP contribution < -0.4 is 0 Å². The molecule has 1 saturated heterocycles. The molecule has 1 aliphatic carbocycles. The molecule has 2 aliphatic rings. The first-order chi connectivity index (χ1) is 19.5. The van der Waals surface area contributed by atoms with E-state index in [-0.39, 0.29) is 43.0 Å². The summed E-state index contributed by atoms with van der Waals surface area (Å²) in [7, 11) is 0. The van der Waals surface area contributed by atoms with Gasteiger partial charge < -0.3 is 23.9 Å². The van der Waals surface area contributed by atoms with Crippen molar-refractivity contribution in [2.45, 2.75) is 64.6 Å². The third-order valence-corrected chi connectivity index (χ3v) is 7.58. The van der Waals surface area contributed by atoms with Gasteiger partial charge in [0.25, 0.3) is 0 Å². The fourth-order valence-corrected chi connectivity index (χ4v) is 5.72. The molecule has 1 N–H and O–H groups in total. The number of piperidine rings is 1. The molecule has 1 aliphatic heterocycles. The van der Waals surface area contributed by atoms with E-state index in [0.717, 1.165) is 22.3 Å². The van der Waals surface area contributed by atoms with Crippen molar-refractivity contribution in [3.05, 3.63) is 82.8 Å². The molecule has 0 radical (unpaired) electrons. The summed E-state index contributed by atoms with van der Waals surface area (Å²) < 4.78 is 17.3. The first-order valence-corrected chi connectivity index (χ1v) is 13.9. The maximum atomic E-state index is 13.8. The number of carboxylic acids is 1. The molecule has 5 rings (SSSR count). The molecule has 1 fully saturated rings. The molecule has 0 bridgehead atoms. The number of ether oxygens (including phenoxy) is 2. The van der Waals surface area contributed by atoms with Gasteiger partial charge in [-0.2, -0.15) is 0 Å². The SMILES string of the molecule is Cc1oc(CN(C(=O)OCC2c3ccccc3-c3ccccc32)C2CCCN(C(=O)OC(C)(C)C)C2)cc1C(=O)O. The number of aromatic carboxylic acids is 1. The maximum Gasteiger partial charge on any atom is 0.410 e.